The zero-order valence-corrected chi connectivity index (χ0v) is 17.1. The standard InChI is InChI=1S/C23H27ClFN3/c1-2-27-11-5-6-20(27)14-26-13-18-16-28(23-8-4-3-7-21(18)23)15-17-9-10-19(25)12-22(17)24/h3-4,7-10,12,16,20,26H,2,5-6,11,13-15H2,1H3/t20-/m0/s1. The number of hydrogen-bond acceptors (Lipinski definition) is 2. The van der Waals surface area contributed by atoms with Crippen molar-refractivity contribution < 1.29 is 4.39 Å². The summed E-state index contributed by atoms with van der Waals surface area (Å²) in [5, 5.41) is 5.39. The Kier molecular flexibility index (Phi) is 6.00. The van der Waals surface area contributed by atoms with E-state index < -0.39 is 0 Å². The van der Waals surface area contributed by atoms with E-state index in [4.69, 9.17) is 11.6 Å². The highest BCUT2D eigenvalue weighted by Gasteiger charge is 2.22. The second-order valence-corrected chi connectivity index (χ2v) is 8.00. The Morgan fingerprint density at radius 1 is 1.18 bits per heavy atom. The highest BCUT2D eigenvalue weighted by atomic mass is 35.5. The molecule has 2 aromatic carbocycles. The number of hydrogen-bond donors (Lipinski definition) is 1. The van der Waals surface area contributed by atoms with Gasteiger partial charge in [0.05, 0.1) is 0 Å². The molecule has 0 unspecified atom stereocenters. The number of likely N-dealkylation sites (N-methyl/N-ethyl adjacent to an activating group) is 1. The Bertz CT molecular complexity index is 952. The fourth-order valence-electron chi connectivity index (χ4n) is 4.34. The van der Waals surface area contributed by atoms with Crippen molar-refractivity contribution in [2.24, 2.45) is 0 Å². The Morgan fingerprint density at radius 2 is 2.04 bits per heavy atom. The molecule has 1 saturated heterocycles. The van der Waals surface area contributed by atoms with E-state index in [0.717, 1.165) is 25.2 Å². The van der Waals surface area contributed by atoms with E-state index in [0.29, 0.717) is 17.6 Å². The third kappa shape index (κ3) is 4.09. The normalized spacial score (nSPS) is 17.6. The number of benzene rings is 2. The second-order valence-electron chi connectivity index (χ2n) is 7.59. The largest absolute Gasteiger partial charge is 0.343 e. The third-order valence-corrected chi connectivity index (χ3v) is 6.18. The molecular formula is C23H27ClFN3. The van der Waals surface area contributed by atoms with E-state index >= 15 is 0 Å². The molecule has 28 heavy (non-hydrogen) atoms. The van der Waals surface area contributed by atoms with Crippen LogP contribution in [0.4, 0.5) is 4.39 Å². The average Bonchev–Trinajstić information content (AvgIpc) is 3.29. The molecule has 0 aliphatic carbocycles. The van der Waals surface area contributed by atoms with E-state index in [1.54, 1.807) is 6.07 Å². The SMILES string of the molecule is CCN1CCC[C@H]1CNCc1cn(Cc2ccc(F)cc2Cl)c2ccccc12. The first kappa shape index (κ1) is 19.4. The number of fused-ring (bicyclic) bond motifs is 1. The van der Waals surface area contributed by atoms with Crippen molar-refractivity contribution in [3.05, 3.63) is 70.6 Å². The molecular weight excluding hydrogens is 373 g/mol. The van der Waals surface area contributed by atoms with Gasteiger partial charge in [-0.05, 0) is 55.3 Å². The third-order valence-electron chi connectivity index (χ3n) is 5.83. The molecule has 0 amide bonds. The lowest BCUT2D eigenvalue weighted by molar-refractivity contribution is 0.260. The molecule has 1 fully saturated rings. The quantitative estimate of drug-likeness (QED) is 0.599. The number of likely N-dealkylation sites (tertiary alicyclic amines) is 1. The van der Waals surface area contributed by atoms with E-state index in [2.05, 4.69) is 52.2 Å². The first-order valence-corrected chi connectivity index (χ1v) is 10.5. The van der Waals surface area contributed by atoms with Gasteiger partial charge in [0, 0.05) is 47.8 Å². The molecule has 0 spiro atoms. The Hall–Kier alpha value is -1.88. The smallest absolute Gasteiger partial charge is 0.124 e. The van der Waals surface area contributed by atoms with Gasteiger partial charge in [0.25, 0.3) is 0 Å². The van der Waals surface area contributed by atoms with Crippen LogP contribution in [-0.4, -0.2) is 35.1 Å². The second kappa shape index (κ2) is 8.64. The monoisotopic (exact) mass is 399 g/mol. The molecule has 3 aromatic rings. The van der Waals surface area contributed by atoms with Gasteiger partial charge >= 0.3 is 0 Å². The Labute approximate surface area is 171 Å². The van der Waals surface area contributed by atoms with Crippen LogP contribution < -0.4 is 5.32 Å². The number of nitrogens with zero attached hydrogens (tertiary/aromatic N) is 2. The zero-order chi connectivity index (χ0) is 19.5. The van der Waals surface area contributed by atoms with Crippen molar-refractivity contribution in [2.75, 3.05) is 19.6 Å². The molecule has 5 heteroatoms. The Balaban J connectivity index is 1.51. The summed E-state index contributed by atoms with van der Waals surface area (Å²) >= 11 is 6.25. The van der Waals surface area contributed by atoms with E-state index in [9.17, 15) is 4.39 Å². The van der Waals surface area contributed by atoms with Crippen molar-refractivity contribution in [2.45, 2.75) is 38.9 Å². The first-order valence-electron chi connectivity index (χ1n) is 10.1. The van der Waals surface area contributed by atoms with Crippen LogP contribution in [0.2, 0.25) is 5.02 Å². The van der Waals surface area contributed by atoms with Crippen molar-refractivity contribution >= 4 is 22.5 Å². The predicted octanol–water partition coefficient (Wildman–Crippen LogP) is 5.06. The van der Waals surface area contributed by atoms with E-state index in [-0.39, 0.29) is 5.82 Å². The minimum Gasteiger partial charge on any atom is -0.343 e. The highest BCUT2D eigenvalue weighted by molar-refractivity contribution is 6.31. The van der Waals surface area contributed by atoms with Crippen LogP contribution in [-0.2, 0) is 13.1 Å². The van der Waals surface area contributed by atoms with Gasteiger partial charge < -0.3 is 9.88 Å². The van der Waals surface area contributed by atoms with Gasteiger partial charge in [-0.3, -0.25) is 4.90 Å². The highest BCUT2D eigenvalue weighted by Crippen LogP contribution is 2.25. The van der Waals surface area contributed by atoms with Crippen LogP contribution in [0, 0.1) is 5.82 Å². The summed E-state index contributed by atoms with van der Waals surface area (Å²) < 4.78 is 15.6. The van der Waals surface area contributed by atoms with Crippen LogP contribution in [0.1, 0.15) is 30.9 Å². The number of para-hydroxylation sites is 1. The van der Waals surface area contributed by atoms with Gasteiger partial charge in [0.15, 0.2) is 0 Å². The summed E-state index contributed by atoms with van der Waals surface area (Å²) in [6, 6.07) is 13.7. The Morgan fingerprint density at radius 3 is 2.86 bits per heavy atom. The summed E-state index contributed by atoms with van der Waals surface area (Å²) in [5.74, 6) is -0.302. The summed E-state index contributed by atoms with van der Waals surface area (Å²) in [6.07, 6.45) is 4.78. The molecule has 1 aliphatic heterocycles. The number of nitrogens with one attached hydrogen (secondary N) is 1. The van der Waals surface area contributed by atoms with Crippen LogP contribution in [0.5, 0.6) is 0 Å². The average molecular weight is 400 g/mol. The molecule has 0 saturated carbocycles. The van der Waals surface area contributed by atoms with E-state index in [1.807, 2.05) is 0 Å². The van der Waals surface area contributed by atoms with Crippen LogP contribution in [0.15, 0.2) is 48.7 Å². The molecule has 1 N–H and O–H groups in total. The summed E-state index contributed by atoms with van der Waals surface area (Å²) in [4.78, 5) is 2.56. The summed E-state index contributed by atoms with van der Waals surface area (Å²) in [6.45, 7) is 7.10. The van der Waals surface area contributed by atoms with Crippen molar-refractivity contribution in [1.29, 1.82) is 0 Å². The summed E-state index contributed by atoms with van der Waals surface area (Å²) in [7, 11) is 0. The van der Waals surface area contributed by atoms with Crippen molar-refractivity contribution in [1.82, 2.24) is 14.8 Å². The fourth-order valence-corrected chi connectivity index (χ4v) is 4.57. The molecule has 1 aromatic heterocycles. The minimum atomic E-state index is -0.302. The van der Waals surface area contributed by atoms with Gasteiger partial charge in [-0.25, -0.2) is 4.39 Å². The predicted molar refractivity (Wildman–Crippen MR) is 114 cm³/mol. The van der Waals surface area contributed by atoms with Gasteiger partial charge in [0.1, 0.15) is 5.82 Å². The van der Waals surface area contributed by atoms with Crippen LogP contribution in [0.3, 0.4) is 0 Å². The van der Waals surface area contributed by atoms with Crippen molar-refractivity contribution in [3.63, 3.8) is 0 Å². The molecule has 3 nitrogen and oxygen atoms in total. The molecule has 1 aliphatic rings. The fraction of sp³-hybridized carbons (Fsp3) is 0.391. The van der Waals surface area contributed by atoms with Crippen molar-refractivity contribution in [3.8, 4) is 0 Å². The number of aromatic nitrogens is 1. The number of halogens is 2. The first-order chi connectivity index (χ1) is 13.7. The summed E-state index contributed by atoms with van der Waals surface area (Å²) in [5.41, 5.74) is 3.39. The molecule has 4 rings (SSSR count). The van der Waals surface area contributed by atoms with Crippen LogP contribution in [0.25, 0.3) is 10.9 Å². The molecule has 148 valence electrons. The van der Waals surface area contributed by atoms with Gasteiger partial charge in [-0.15, -0.1) is 0 Å². The lowest BCUT2D eigenvalue weighted by Gasteiger charge is -2.22. The molecule has 0 radical (unpaired) electrons. The topological polar surface area (TPSA) is 20.2 Å². The molecule has 2 heterocycles. The van der Waals surface area contributed by atoms with Crippen LogP contribution >= 0.6 is 11.6 Å². The van der Waals surface area contributed by atoms with Gasteiger partial charge in [-0.1, -0.05) is 42.8 Å². The van der Waals surface area contributed by atoms with Gasteiger partial charge in [-0.2, -0.15) is 0 Å². The zero-order valence-electron chi connectivity index (χ0n) is 16.3. The van der Waals surface area contributed by atoms with E-state index in [1.165, 1.54) is 48.0 Å². The maximum absolute atomic E-state index is 13.4. The lowest BCUT2D eigenvalue weighted by atomic mass is 10.1. The molecule has 1 atom stereocenters. The molecule has 0 bridgehead atoms. The minimum absolute atomic E-state index is 0.302. The number of rotatable bonds is 7. The maximum atomic E-state index is 13.4. The van der Waals surface area contributed by atoms with Gasteiger partial charge in [0.2, 0.25) is 0 Å². The lowest BCUT2D eigenvalue weighted by Crippen LogP contribution is -2.37. The maximum Gasteiger partial charge on any atom is 0.124 e.